The zero-order chi connectivity index (χ0) is 21.4. The van der Waals surface area contributed by atoms with Crippen LogP contribution < -0.4 is 21.7 Å². The van der Waals surface area contributed by atoms with Gasteiger partial charge in [-0.25, -0.2) is 4.98 Å². The number of guanidine groups is 1. The molecule has 1 heterocycles. The lowest BCUT2D eigenvalue weighted by Gasteiger charge is -2.13. The predicted molar refractivity (Wildman–Crippen MR) is 110 cm³/mol. The Hall–Kier alpha value is -3.36. The van der Waals surface area contributed by atoms with Crippen molar-refractivity contribution in [3.63, 3.8) is 0 Å². The maximum Gasteiger partial charge on any atom is 0.251 e. The van der Waals surface area contributed by atoms with Gasteiger partial charge in [-0.2, -0.15) is 0 Å². The van der Waals surface area contributed by atoms with Crippen LogP contribution in [-0.4, -0.2) is 36.4 Å². The smallest absolute Gasteiger partial charge is 0.251 e. The molecule has 0 unspecified atom stereocenters. The quantitative estimate of drug-likeness (QED) is 0.405. The molecule has 0 aliphatic carbocycles. The second kappa shape index (κ2) is 9.72. The molecule has 0 fully saturated rings. The van der Waals surface area contributed by atoms with Crippen molar-refractivity contribution >= 4 is 17.8 Å². The molecule has 5 N–H and O–H groups in total. The van der Waals surface area contributed by atoms with E-state index in [1.54, 1.807) is 25.4 Å². The molecule has 29 heavy (non-hydrogen) atoms. The highest BCUT2D eigenvalue weighted by Crippen LogP contribution is 2.22. The third-order valence-electron chi connectivity index (χ3n) is 4.02. The number of primary amides is 1. The summed E-state index contributed by atoms with van der Waals surface area (Å²) >= 11 is 0. The highest BCUT2D eigenvalue weighted by atomic mass is 16.4. The number of amides is 2. The Morgan fingerprint density at radius 1 is 1.10 bits per heavy atom. The summed E-state index contributed by atoms with van der Waals surface area (Å²) in [5, 5.41) is 8.79. The van der Waals surface area contributed by atoms with E-state index in [0.29, 0.717) is 30.5 Å². The number of hydrogen-bond donors (Lipinski definition) is 4. The molecule has 1 aromatic carbocycles. The molecule has 0 bridgehead atoms. The number of rotatable bonds is 7. The van der Waals surface area contributed by atoms with E-state index >= 15 is 0 Å². The average Bonchev–Trinajstić information content (AvgIpc) is 3.16. The van der Waals surface area contributed by atoms with Crippen LogP contribution in [0.5, 0.6) is 0 Å². The van der Waals surface area contributed by atoms with Crippen molar-refractivity contribution < 1.29 is 14.0 Å². The van der Waals surface area contributed by atoms with Gasteiger partial charge in [0.1, 0.15) is 5.76 Å². The molecule has 0 aliphatic heterocycles. The van der Waals surface area contributed by atoms with E-state index in [-0.39, 0.29) is 17.9 Å². The maximum atomic E-state index is 11.9. The second-order valence-electron chi connectivity index (χ2n) is 7.49. The van der Waals surface area contributed by atoms with Crippen LogP contribution in [0.4, 0.5) is 0 Å². The summed E-state index contributed by atoms with van der Waals surface area (Å²) in [6, 6.07) is 7.01. The fourth-order valence-electron chi connectivity index (χ4n) is 2.35. The van der Waals surface area contributed by atoms with Crippen molar-refractivity contribution in [1.82, 2.24) is 20.9 Å². The molecule has 0 radical (unpaired) electrons. The monoisotopic (exact) mass is 400 g/mol. The van der Waals surface area contributed by atoms with Gasteiger partial charge in [-0.15, -0.1) is 0 Å². The van der Waals surface area contributed by atoms with Crippen LogP contribution in [0, 0.1) is 0 Å². The third-order valence-corrected chi connectivity index (χ3v) is 4.02. The number of nitrogens with zero attached hydrogens (tertiary/aromatic N) is 2. The number of oxazole rings is 1. The number of nitrogens with one attached hydrogen (secondary N) is 3. The molecule has 2 amide bonds. The Morgan fingerprint density at radius 2 is 1.76 bits per heavy atom. The zero-order valence-corrected chi connectivity index (χ0v) is 17.2. The number of aromatic nitrogens is 1. The molecule has 156 valence electrons. The molecule has 0 saturated heterocycles. The van der Waals surface area contributed by atoms with E-state index in [4.69, 9.17) is 10.2 Å². The Morgan fingerprint density at radius 3 is 2.31 bits per heavy atom. The van der Waals surface area contributed by atoms with E-state index in [0.717, 1.165) is 11.3 Å². The van der Waals surface area contributed by atoms with Crippen molar-refractivity contribution in [3.8, 4) is 0 Å². The normalized spacial score (nSPS) is 11.8. The lowest BCUT2D eigenvalue weighted by atomic mass is 9.94. The van der Waals surface area contributed by atoms with Gasteiger partial charge in [0.05, 0.1) is 19.3 Å². The lowest BCUT2D eigenvalue weighted by molar-refractivity contribution is -0.117. The summed E-state index contributed by atoms with van der Waals surface area (Å²) < 4.78 is 5.75. The van der Waals surface area contributed by atoms with Gasteiger partial charge in [0.25, 0.3) is 5.91 Å². The number of carbonyl (C=O) groups is 2. The summed E-state index contributed by atoms with van der Waals surface area (Å²) in [7, 11) is 1.68. The van der Waals surface area contributed by atoms with Gasteiger partial charge < -0.3 is 26.1 Å². The Balaban J connectivity index is 1.83. The Bertz CT molecular complexity index is 865. The van der Waals surface area contributed by atoms with Gasteiger partial charge in [-0.3, -0.25) is 14.6 Å². The predicted octanol–water partition coefficient (Wildman–Crippen LogP) is 1.05. The number of aliphatic imine (C=N–C) groups is 1. The van der Waals surface area contributed by atoms with Gasteiger partial charge in [0.2, 0.25) is 11.8 Å². The van der Waals surface area contributed by atoms with E-state index < -0.39 is 5.91 Å². The molecule has 0 saturated carbocycles. The van der Waals surface area contributed by atoms with Crippen LogP contribution in [0.3, 0.4) is 0 Å². The first kappa shape index (κ1) is 21.9. The number of carbonyl (C=O) groups excluding carboxylic acids is 2. The highest BCUT2D eigenvalue weighted by Gasteiger charge is 2.19. The first-order valence-electron chi connectivity index (χ1n) is 9.24. The lowest BCUT2D eigenvalue weighted by Crippen LogP contribution is -2.36. The second-order valence-corrected chi connectivity index (χ2v) is 7.49. The van der Waals surface area contributed by atoms with Crippen molar-refractivity contribution in [2.45, 2.75) is 39.3 Å². The molecule has 2 aromatic rings. The molecule has 0 spiro atoms. The van der Waals surface area contributed by atoms with Crippen LogP contribution >= 0.6 is 0 Å². The Kier molecular flexibility index (Phi) is 7.35. The van der Waals surface area contributed by atoms with Gasteiger partial charge in [-0.1, -0.05) is 32.9 Å². The fourth-order valence-corrected chi connectivity index (χ4v) is 2.35. The van der Waals surface area contributed by atoms with Crippen LogP contribution in [0.2, 0.25) is 0 Å². The van der Waals surface area contributed by atoms with E-state index in [1.807, 2.05) is 12.1 Å². The van der Waals surface area contributed by atoms with Crippen LogP contribution in [-0.2, 0) is 23.3 Å². The summed E-state index contributed by atoms with van der Waals surface area (Å²) in [6.45, 7) is 6.94. The largest absolute Gasteiger partial charge is 0.443 e. The van der Waals surface area contributed by atoms with E-state index in [9.17, 15) is 9.59 Å². The molecular weight excluding hydrogens is 372 g/mol. The van der Waals surface area contributed by atoms with Crippen molar-refractivity contribution in [3.05, 3.63) is 53.2 Å². The third kappa shape index (κ3) is 6.95. The topological polar surface area (TPSA) is 135 Å². The summed E-state index contributed by atoms with van der Waals surface area (Å²) in [5.74, 6) is 1.09. The van der Waals surface area contributed by atoms with Crippen LogP contribution in [0.25, 0.3) is 0 Å². The van der Waals surface area contributed by atoms with Crippen LogP contribution in [0.1, 0.15) is 48.3 Å². The zero-order valence-electron chi connectivity index (χ0n) is 17.2. The molecule has 0 aliphatic rings. The SMILES string of the molecule is CN=C(NCc1ccc(C(=O)NCC(N)=O)cc1)NCc1ncc(C(C)(C)C)o1. The van der Waals surface area contributed by atoms with Gasteiger partial charge >= 0.3 is 0 Å². The minimum absolute atomic E-state index is 0.0892. The maximum absolute atomic E-state index is 11.9. The van der Waals surface area contributed by atoms with Gasteiger partial charge in [-0.05, 0) is 17.7 Å². The van der Waals surface area contributed by atoms with Crippen molar-refractivity contribution in [2.75, 3.05) is 13.6 Å². The van der Waals surface area contributed by atoms with Gasteiger partial charge in [0, 0.05) is 24.6 Å². The van der Waals surface area contributed by atoms with Crippen molar-refractivity contribution in [1.29, 1.82) is 0 Å². The van der Waals surface area contributed by atoms with Crippen LogP contribution in [0.15, 0.2) is 39.9 Å². The molecular formula is C20H28N6O3. The minimum Gasteiger partial charge on any atom is -0.443 e. The molecule has 0 atom stereocenters. The molecule has 9 heteroatoms. The molecule has 9 nitrogen and oxygen atoms in total. The highest BCUT2D eigenvalue weighted by molar-refractivity contribution is 5.96. The van der Waals surface area contributed by atoms with E-state index in [1.165, 1.54) is 0 Å². The van der Waals surface area contributed by atoms with E-state index in [2.05, 4.69) is 46.7 Å². The van der Waals surface area contributed by atoms with Gasteiger partial charge in [0.15, 0.2) is 5.96 Å². The number of nitrogens with two attached hydrogens (primary N) is 1. The summed E-state index contributed by atoms with van der Waals surface area (Å²) in [4.78, 5) is 31.1. The average molecular weight is 400 g/mol. The van der Waals surface area contributed by atoms with Crippen molar-refractivity contribution in [2.24, 2.45) is 10.7 Å². The summed E-state index contributed by atoms with van der Waals surface area (Å²) in [5.41, 5.74) is 6.35. The summed E-state index contributed by atoms with van der Waals surface area (Å²) in [6.07, 6.45) is 1.74. The molecule has 2 rings (SSSR count). The minimum atomic E-state index is -0.586. The number of hydrogen-bond acceptors (Lipinski definition) is 5. The Labute approximate surface area is 170 Å². The number of benzene rings is 1. The molecule has 1 aromatic heterocycles. The first-order valence-corrected chi connectivity index (χ1v) is 9.24. The standard InChI is InChI=1S/C20H28N6O3/c1-20(2,3)15-10-23-17(29-15)12-26-19(22-4)25-9-13-5-7-14(8-6-13)18(28)24-11-16(21)27/h5-8,10H,9,11-12H2,1-4H3,(H2,21,27)(H,24,28)(H2,22,25,26). The fraction of sp³-hybridized carbons (Fsp3) is 0.400. The first-order chi connectivity index (χ1) is 13.7.